The third kappa shape index (κ3) is 6.10. The lowest BCUT2D eigenvalue weighted by Crippen LogP contribution is -2.27. The molecule has 1 atom stereocenters. The van der Waals surface area contributed by atoms with E-state index < -0.39 is 23.4 Å². The summed E-state index contributed by atoms with van der Waals surface area (Å²) in [7, 11) is 1.31. The number of benzene rings is 2. The maximum atomic E-state index is 15.7. The van der Waals surface area contributed by atoms with Crippen LogP contribution in [0.5, 0.6) is 5.88 Å². The zero-order chi connectivity index (χ0) is 31.9. The number of hydrogen-bond acceptors (Lipinski definition) is 7. The zero-order valence-electron chi connectivity index (χ0n) is 24.6. The van der Waals surface area contributed by atoms with Crippen molar-refractivity contribution in [1.82, 2.24) is 19.5 Å². The van der Waals surface area contributed by atoms with E-state index in [2.05, 4.69) is 23.8 Å². The van der Waals surface area contributed by atoms with E-state index in [0.29, 0.717) is 35.6 Å². The number of carbonyl (C=O) groups excluding carboxylic acids is 1. The van der Waals surface area contributed by atoms with Crippen LogP contribution >= 0.6 is 11.6 Å². The molecule has 1 saturated heterocycles. The number of esters is 1. The molecule has 1 fully saturated rings. The number of carbonyl (C=O) groups is 1. The number of pyridine rings is 2. The van der Waals surface area contributed by atoms with Crippen molar-refractivity contribution in [3.05, 3.63) is 106 Å². The van der Waals surface area contributed by atoms with Gasteiger partial charge in [0.25, 0.3) is 0 Å². The lowest BCUT2D eigenvalue weighted by atomic mass is 9.87. The molecule has 0 bridgehead atoms. The van der Waals surface area contributed by atoms with E-state index in [-0.39, 0.29) is 57.9 Å². The summed E-state index contributed by atoms with van der Waals surface area (Å²) in [5.41, 5.74) is 1.66. The van der Waals surface area contributed by atoms with Crippen LogP contribution < -0.4 is 4.74 Å². The number of rotatable bonds is 8. The molecule has 4 heterocycles. The van der Waals surface area contributed by atoms with Gasteiger partial charge in [-0.3, -0.25) is 0 Å². The second-order valence-electron chi connectivity index (χ2n) is 11.5. The van der Waals surface area contributed by atoms with E-state index in [1.807, 2.05) is 4.57 Å². The van der Waals surface area contributed by atoms with E-state index >= 15 is 8.78 Å². The van der Waals surface area contributed by atoms with Crippen molar-refractivity contribution in [3.63, 3.8) is 0 Å². The molecule has 0 aliphatic carbocycles. The van der Waals surface area contributed by atoms with Gasteiger partial charge < -0.3 is 18.8 Å². The first-order valence-electron chi connectivity index (χ1n) is 14.1. The van der Waals surface area contributed by atoms with E-state index in [4.69, 9.17) is 30.8 Å². The minimum absolute atomic E-state index is 0.0127. The zero-order valence-corrected chi connectivity index (χ0v) is 25.4. The highest BCUT2D eigenvalue weighted by Gasteiger charge is 2.39. The Morgan fingerprint density at radius 1 is 1.04 bits per heavy atom. The molecule has 8 nitrogen and oxygen atoms in total. The molecule has 12 heteroatoms. The van der Waals surface area contributed by atoms with Crippen LogP contribution in [-0.4, -0.2) is 45.8 Å². The minimum Gasteiger partial charge on any atom is -0.473 e. The Morgan fingerprint density at radius 2 is 1.84 bits per heavy atom. The summed E-state index contributed by atoms with van der Waals surface area (Å²) in [6.45, 7) is 4.84. The average Bonchev–Trinajstić information content (AvgIpc) is 3.55. The predicted octanol–water partition coefficient (Wildman–Crippen LogP) is 7.12. The van der Waals surface area contributed by atoms with Crippen molar-refractivity contribution in [2.75, 3.05) is 20.3 Å². The van der Waals surface area contributed by atoms with Gasteiger partial charge in [-0.15, -0.1) is 0 Å². The van der Waals surface area contributed by atoms with Crippen LogP contribution in [0, 0.1) is 22.9 Å². The Balaban J connectivity index is 1.31. The molecule has 6 rings (SSSR count). The molecule has 0 unspecified atom stereocenters. The number of methoxy groups -OCH3 is 1. The Morgan fingerprint density at radius 3 is 2.58 bits per heavy atom. The third-order valence-corrected chi connectivity index (χ3v) is 8.11. The summed E-state index contributed by atoms with van der Waals surface area (Å²) < 4.78 is 63.6. The van der Waals surface area contributed by atoms with Gasteiger partial charge in [-0.2, -0.15) is 0 Å². The summed E-state index contributed by atoms with van der Waals surface area (Å²) in [4.78, 5) is 25.2. The van der Waals surface area contributed by atoms with Crippen LogP contribution in [0.15, 0.2) is 60.8 Å². The van der Waals surface area contributed by atoms with Gasteiger partial charge >= 0.3 is 5.97 Å². The first-order chi connectivity index (χ1) is 21.5. The van der Waals surface area contributed by atoms with Gasteiger partial charge in [-0.05, 0) is 42.0 Å². The van der Waals surface area contributed by atoms with Gasteiger partial charge in [0, 0.05) is 41.3 Å². The van der Waals surface area contributed by atoms with Crippen LogP contribution in [-0.2, 0) is 22.5 Å². The van der Waals surface area contributed by atoms with Gasteiger partial charge in [0.15, 0.2) is 0 Å². The second-order valence-corrected chi connectivity index (χ2v) is 11.8. The minimum atomic E-state index is -0.691. The average molecular weight is 637 g/mol. The molecule has 1 aliphatic heterocycles. The third-order valence-electron chi connectivity index (χ3n) is 7.90. The number of fused-ring (bicyclic) bond motifs is 1. The van der Waals surface area contributed by atoms with Crippen LogP contribution in [0.2, 0.25) is 5.15 Å². The highest BCUT2D eigenvalue weighted by molar-refractivity contribution is 6.29. The monoisotopic (exact) mass is 636 g/mol. The largest absolute Gasteiger partial charge is 0.473 e. The summed E-state index contributed by atoms with van der Waals surface area (Å²) in [5.74, 6) is -1.83. The molecule has 232 valence electrons. The smallest absolute Gasteiger partial charge is 0.337 e. The Bertz CT molecular complexity index is 1930. The maximum absolute atomic E-state index is 15.7. The van der Waals surface area contributed by atoms with Crippen LogP contribution in [0.3, 0.4) is 0 Å². The highest BCUT2D eigenvalue weighted by Crippen LogP contribution is 2.40. The molecular weight excluding hydrogens is 609 g/mol. The molecule has 1 aliphatic rings. The van der Waals surface area contributed by atoms with E-state index in [1.165, 1.54) is 25.4 Å². The molecule has 45 heavy (non-hydrogen) atoms. The fourth-order valence-corrected chi connectivity index (χ4v) is 5.61. The fourth-order valence-electron chi connectivity index (χ4n) is 5.47. The first kappa shape index (κ1) is 30.5. The summed E-state index contributed by atoms with van der Waals surface area (Å²) in [6, 6.07) is 12.8. The van der Waals surface area contributed by atoms with Crippen molar-refractivity contribution >= 4 is 28.6 Å². The molecule has 0 amide bonds. The topological polar surface area (TPSA) is 88.4 Å². The number of hydrogen-bond donors (Lipinski definition) is 0. The van der Waals surface area contributed by atoms with Crippen LogP contribution in [0.25, 0.3) is 22.3 Å². The lowest BCUT2D eigenvalue weighted by Gasteiger charge is -2.28. The Hall–Kier alpha value is -4.48. The molecule has 3 aromatic heterocycles. The summed E-state index contributed by atoms with van der Waals surface area (Å²) >= 11 is 5.70. The second kappa shape index (κ2) is 12.1. The maximum Gasteiger partial charge on any atom is 0.337 e. The fraction of sp³-hybridized carbons (Fsp3) is 0.273. The number of aromatic nitrogens is 4. The van der Waals surface area contributed by atoms with E-state index in [9.17, 15) is 9.18 Å². The van der Waals surface area contributed by atoms with Gasteiger partial charge in [-0.25, -0.2) is 32.9 Å². The summed E-state index contributed by atoms with van der Waals surface area (Å²) in [5, 5.41) is 0.0127. The van der Waals surface area contributed by atoms with Gasteiger partial charge in [0.1, 0.15) is 35.0 Å². The van der Waals surface area contributed by atoms with Gasteiger partial charge in [-0.1, -0.05) is 31.5 Å². The van der Waals surface area contributed by atoms with Crippen molar-refractivity contribution in [2.45, 2.75) is 32.9 Å². The summed E-state index contributed by atoms with van der Waals surface area (Å²) in [6.07, 6.45) is 1.23. The standard InChI is InChI=1S/C33H28ClF3N4O4/c1-33(2)17-44-16-28(33)41-27-10-18(32(42)43-3)7-8-26(27)39-30(41)11-19-9-24(37)21(12-22(19)35)25-5-4-6-31(40-25)45-15-20-14-38-29(34)13-23(20)36/h4-10,12-14,28H,11,15-17H2,1-3H3/t28-/m1/s1. The van der Waals surface area contributed by atoms with Crippen LogP contribution in [0.4, 0.5) is 13.2 Å². The number of imidazole rings is 1. The van der Waals surface area contributed by atoms with Gasteiger partial charge in [0.05, 0.1) is 48.7 Å². The first-order valence-corrected chi connectivity index (χ1v) is 14.5. The molecule has 0 saturated carbocycles. The number of ether oxygens (including phenoxy) is 3. The Labute approximate surface area is 261 Å². The van der Waals surface area contributed by atoms with Crippen molar-refractivity contribution in [2.24, 2.45) is 5.41 Å². The van der Waals surface area contributed by atoms with Crippen molar-refractivity contribution in [1.29, 1.82) is 0 Å². The Kier molecular flexibility index (Phi) is 8.23. The number of nitrogens with zero attached hydrogens (tertiary/aromatic N) is 4. The quantitative estimate of drug-likeness (QED) is 0.132. The molecule has 2 aromatic carbocycles. The number of halogens is 4. The van der Waals surface area contributed by atoms with Gasteiger partial charge in [0.2, 0.25) is 5.88 Å². The van der Waals surface area contributed by atoms with E-state index in [0.717, 1.165) is 18.2 Å². The SMILES string of the molecule is COC(=O)c1ccc2nc(Cc3cc(F)c(-c4cccc(OCc5cnc(Cl)cc5F)n4)cc3F)n([C@@H]3COCC3(C)C)c2c1. The normalized spacial score (nSPS) is 15.8. The molecule has 0 spiro atoms. The molecule has 0 radical (unpaired) electrons. The highest BCUT2D eigenvalue weighted by atomic mass is 35.5. The molecular formula is C33H28ClF3N4O4. The molecule has 0 N–H and O–H groups in total. The van der Waals surface area contributed by atoms with Crippen molar-refractivity contribution < 1.29 is 32.2 Å². The van der Waals surface area contributed by atoms with Crippen LogP contribution in [0.1, 0.15) is 47.2 Å². The van der Waals surface area contributed by atoms with Crippen molar-refractivity contribution in [3.8, 4) is 17.1 Å². The molecule has 5 aromatic rings. The predicted molar refractivity (Wildman–Crippen MR) is 161 cm³/mol. The van der Waals surface area contributed by atoms with E-state index in [1.54, 1.807) is 24.3 Å². The lowest BCUT2D eigenvalue weighted by molar-refractivity contribution is 0.0601.